The third-order valence-corrected chi connectivity index (χ3v) is 6.40. The van der Waals surface area contributed by atoms with E-state index in [9.17, 15) is 14.7 Å². The van der Waals surface area contributed by atoms with Crippen molar-refractivity contribution in [3.63, 3.8) is 0 Å². The van der Waals surface area contributed by atoms with Gasteiger partial charge in [0.05, 0.1) is 19.1 Å². The zero-order valence-corrected chi connectivity index (χ0v) is 19.7. The molecule has 1 heterocycles. The van der Waals surface area contributed by atoms with Crippen LogP contribution in [0.4, 0.5) is 5.69 Å². The van der Waals surface area contributed by atoms with Gasteiger partial charge in [-0.2, -0.15) is 0 Å². The van der Waals surface area contributed by atoms with Gasteiger partial charge in [0.15, 0.2) is 6.29 Å². The van der Waals surface area contributed by atoms with Crippen LogP contribution in [0, 0.1) is 5.92 Å². The molecule has 0 aliphatic carbocycles. The number of carbonyl (C=O) groups is 2. The number of hydrogen-bond acceptors (Lipinski definition) is 6. The molecule has 0 unspecified atom stereocenters. The SMILES string of the molecule is COc1ccc(CN2C(=O)[C@H](C)[C@H](O)[C@@]2(C)C(=O)Nc2ccccc2CC(OC)OC)cc1. The zero-order valence-electron chi connectivity index (χ0n) is 19.7. The van der Waals surface area contributed by atoms with Gasteiger partial charge in [-0.3, -0.25) is 9.59 Å². The molecule has 2 N–H and O–H groups in total. The van der Waals surface area contributed by atoms with Crippen LogP contribution in [0.25, 0.3) is 0 Å². The van der Waals surface area contributed by atoms with Gasteiger partial charge in [-0.1, -0.05) is 37.3 Å². The van der Waals surface area contributed by atoms with Gasteiger partial charge >= 0.3 is 0 Å². The van der Waals surface area contributed by atoms with Crippen molar-refractivity contribution in [1.82, 2.24) is 4.90 Å². The van der Waals surface area contributed by atoms with E-state index >= 15 is 0 Å². The topological polar surface area (TPSA) is 97.3 Å². The molecule has 3 atom stereocenters. The van der Waals surface area contributed by atoms with Crippen molar-refractivity contribution in [2.75, 3.05) is 26.6 Å². The first-order chi connectivity index (χ1) is 15.8. The van der Waals surface area contributed by atoms with Crippen molar-refractivity contribution in [3.05, 3.63) is 59.7 Å². The van der Waals surface area contributed by atoms with Gasteiger partial charge in [0.1, 0.15) is 11.3 Å². The van der Waals surface area contributed by atoms with Crippen molar-refractivity contribution < 1.29 is 28.9 Å². The summed E-state index contributed by atoms with van der Waals surface area (Å²) >= 11 is 0. The average molecular weight is 457 g/mol. The number of ether oxygens (including phenoxy) is 3. The molecular weight excluding hydrogens is 424 g/mol. The van der Waals surface area contributed by atoms with Crippen LogP contribution < -0.4 is 10.1 Å². The molecule has 178 valence electrons. The molecule has 0 spiro atoms. The molecule has 3 rings (SSSR count). The largest absolute Gasteiger partial charge is 0.497 e. The molecule has 2 amide bonds. The molecule has 1 saturated heterocycles. The van der Waals surface area contributed by atoms with Gasteiger partial charge in [-0.15, -0.1) is 0 Å². The molecule has 1 aliphatic heterocycles. The second kappa shape index (κ2) is 10.3. The van der Waals surface area contributed by atoms with Crippen LogP contribution in [0.2, 0.25) is 0 Å². The number of methoxy groups -OCH3 is 3. The van der Waals surface area contributed by atoms with Crippen LogP contribution in [0.1, 0.15) is 25.0 Å². The predicted octanol–water partition coefficient (Wildman–Crippen LogP) is 2.59. The molecule has 1 fully saturated rings. The smallest absolute Gasteiger partial charge is 0.252 e. The van der Waals surface area contributed by atoms with E-state index in [1.807, 2.05) is 30.3 Å². The summed E-state index contributed by atoms with van der Waals surface area (Å²) < 4.78 is 15.8. The van der Waals surface area contributed by atoms with Crippen LogP contribution in [0.5, 0.6) is 5.75 Å². The van der Waals surface area contributed by atoms with E-state index in [2.05, 4.69) is 5.32 Å². The van der Waals surface area contributed by atoms with E-state index in [1.54, 1.807) is 53.4 Å². The summed E-state index contributed by atoms with van der Waals surface area (Å²) in [7, 11) is 4.68. The number of nitrogens with one attached hydrogen (secondary N) is 1. The minimum absolute atomic E-state index is 0.186. The molecular formula is C25H32N2O6. The summed E-state index contributed by atoms with van der Waals surface area (Å²) in [6.07, 6.45) is -1.21. The lowest BCUT2D eigenvalue weighted by Crippen LogP contribution is -2.57. The van der Waals surface area contributed by atoms with E-state index in [0.29, 0.717) is 17.9 Å². The van der Waals surface area contributed by atoms with Gasteiger partial charge in [0, 0.05) is 32.9 Å². The average Bonchev–Trinajstić information content (AvgIpc) is 3.00. The Hall–Kier alpha value is -2.94. The standard InChI is InChI=1S/C25H32N2O6/c1-16-22(28)25(2,27(23(16)29)15-17-10-12-19(31-3)13-11-17)24(30)26-20-9-7-6-8-18(20)14-21(32-4)33-5/h6-13,16,21-22,28H,14-15H2,1-5H3,(H,26,30)/t16-,22+,25+/m1/s1. The fourth-order valence-corrected chi connectivity index (χ4v) is 4.18. The highest BCUT2D eigenvalue weighted by Crippen LogP contribution is 2.37. The third-order valence-electron chi connectivity index (χ3n) is 6.40. The molecule has 0 saturated carbocycles. The maximum absolute atomic E-state index is 13.6. The first kappa shape index (κ1) is 24.7. The van der Waals surface area contributed by atoms with Crippen molar-refractivity contribution in [3.8, 4) is 5.75 Å². The van der Waals surface area contributed by atoms with E-state index < -0.39 is 29.8 Å². The first-order valence-corrected chi connectivity index (χ1v) is 10.8. The zero-order chi connectivity index (χ0) is 24.2. The number of rotatable bonds is 9. The number of nitrogens with zero attached hydrogens (tertiary/aromatic N) is 1. The van der Waals surface area contributed by atoms with E-state index in [4.69, 9.17) is 14.2 Å². The number of carbonyl (C=O) groups excluding carboxylic acids is 2. The number of amides is 2. The minimum atomic E-state index is -1.45. The lowest BCUT2D eigenvalue weighted by molar-refractivity contribution is -0.140. The Morgan fingerprint density at radius 3 is 2.36 bits per heavy atom. The molecule has 0 radical (unpaired) electrons. The number of anilines is 1. The highest BCUT2D eigenvalue weighted by molar-refractivity contribution is 6.04. The number of aliphatic hydroxyl groups excluding tert-OH is 1. The Kier molecular flexibility index (Phi) is 7.73. The first-order valence-electron chi connectivity index (χ1n) is 10.8. The van der Waals surface area contributed by atoms with E-state index in [0.717, 1.165) is 11.1 Å². The fourth-order valence-electron chi connectivity index (χ4n) is 4.18. The quantitative estimate of drug-likeness (QED) is 0.563. The van der Waals surface area contributed by atoms with Gasteiger partial charge in [0.25, 0.3) is 5.91 Å². The number of aliphatic hydroxyl groups is 1. The molecule has 0 bridgehead atoms. The highest BCUT2D eigenvalue weighted by Gasteiger charge is 2.58. The van der Waals surface area contributed by atoms with E-state index in [-0.39, 0.29) is 12.5 Å². The Bertz CT molecular complexity index is 975. The van der Waals surface area contributed by atoms with Crippen molar-refractivity contribution >= 4 is 17.5 Å². The Balaban J connectivity index is 1.88. The summed E-state index contributed by atoms with van der Waals surface area (Å²) in [4.78, 5) is 28.1. The van der Waals surface area contributed by atoms with Crippen LogP contribution in [-0.4, -0.2) is 61.1 Å². The highest BCUT2D eigenvalue weighted by atomic mass is 16.7. The van der Waals surface area contributed by atoms with Crippen LogP contribution in [0.3, 0.4) is 0 Å². The van der Waals surface area contributed by atoms with Crippen LogP contribution >= 0.6 is 0 Å². The predicted molar refractivity (Wildman–Crippen MR) is 124 cm³/mol. The van der Waals surface area contributed by atoms with Gasteiger partial charge < -0.3 is 29.5 Å². The third kappa shape index (κ3) is 4.88. The summed E-state index contributed by atoms with van der Waals surface area (Å²) in [5.74, 6) is -0.744. The Morgan fingerprint density at radius 2 is 1.76 bits per heavy atom. The molecule has 0 aromatic heterocycles. The number of para-hydroxylation sites is 1. The normalized spacial score (nSPS) is 22.6. The van der Waals surface area contributed by atoms with Crippen LogP contribution in [0.15, 0.2) is 48.5 Å². The molecule has 2 aromatic rings. The molecule has 8 nitrogen and oxygen atoms in total. The van der Waals surface area contributed by atoms with E-state index in [1.165, 1.54) is 4.90 Å². The van der Waals surface area contributed by atoms with Crippen LogP contribution in [-0.2, 0) is 32.0 Å². The number of benzene rings is 2. The summed E-state index contributed by atoms with van der Waals surface area (Å²) in [5.41, 5.74) is 0.766. The lowest BCUT2D eigenvalue weighted by atomic mass is 9.89. The Labute approximate surface area is 194 Å². The van der Waals surface area contributed by atoms with Gasteiger partial charge in [-0.25, -0.2) is 0 Å². The van der Waals surface area contributed by atoms with Gasteiger partial charge in [-0.05, 0) is 36.2 Å². The second-order valence-corrected chi connectivity index (χ2v) is 8.37. The molecule has 1 aliphatic rings. The molecule has 8 heteroatoms. The van der Waals surface area contributed by atoms with Crippen molar-refractivity contribution in [1.29, 1.82) is 0 Å². The van der Waals surface area contributed by atoms with Crippen molar-refractivity contribution in [2.24, 2.45) is 5.92 Å². The van der Waals surface area contributed by atoms with Crippen molar-refractivity contribution in [2.45, 2.75) is 44.7 Å². The Morgan fingerprint density at radius 1 is 1.12 bits per heavy atom. The monoisotopic (exact) mass is 456 g/mol. The summed E-state index contributed by atoms with van der Waals surface area (Å²) in [5, 5.41) is 13.9. The summed E-state index contributed by atoms with van der Waals surface area (Å²) in [6, 6.07) is 14.6. The van der Waals surface area contributed by atoms with Gasteiger partial charge in [0.2, 0.25) is 5.91 Å². The lowest BCUT2D eigenvalue weighted by Gasteiger charge is -2.36. The fraction of sp³-hybridized carbons (Fsp3) is 0.440. The number of likely N-dealkylation sites (tertiary alicyclic amines) is 1. The maximum atomic E-state index is 13.6. The second-order valence-electron chi connectivity index (χ2n) is 8.37. The maximum Gasteiger partial charge on any atom is 0.252 e. The molecule has 2 aromatic carbocycles. The molecule has 33 heavy (non-hydrogen) atoms. The number of hydrogen-bond donors (Lipinski definition) is 2. The minimum Gasteiger partial charge on any atom is -0.497 e. The summed E-state index contributed by atoms with van der Waals surface area (Å²) in [6.45, 7) is 3.43.